The summed E-state index contributed by atoms with van der Waals surface area (Å²) in [6, 6.07) is 9.52. The highest BCUT2D eigenvalue weighted by Gasteiger charge is 2.37. The Labute approximate surface area is 206 Å². The lowest BCUT2D eigenvalue weighted by Gasteiger charge is -2.36. The normalized spacial score (nSPS) is 19.1. The second kappa shape index (κ2) is 9.45. The molecule has 1 aromatic carbocycles. The van der Waals surface area contributed by atoms with Gasteiger partial charge in [-0.2, -0.15) is 13.2 Å². The lowest BCUT2D eigenvalue weighted by molar-refractivity contribution is -0.138. The Kier molecular flexibility index (Phi) is 6.33. The summed E-state index contributed by atoms with van der Waals surface area (Å²) < 4.78 is 50.7. The molecule has 1 atom stereocenters. The van der Waals surface area contributed by atoms with Gasteiger partial charge in [0.25, 0.3) is 0 Å². The third-order valence-electron chi connectivity index (χ3n) is 6.63. The molecule has 0 aliphatic carbocycles. The van der Waals surface area contributed by atoms with Crippen LogP contribution in [0.15, 0.2) is 42.6 Å². The van der Waals surface area contributed by atoms with Crippen LogP contribution in [0, 0.1) is 6.92 Å². The average molecular weight is 502 g/mol. The number of ether oxygens (including phenoxy) is 2. The summed E-state index contributed by atoms with van der Waals surface area (Å²) in [4.78, 5) is 27.1. The summed E-state index contributed by atoms with van der Waals surface area (Å²) in [5, 5.41) is 0. The Bertz CT molecular complexity index is 1280. The van der Waals surface area contributed by atoms with Gasteiger partial charge in [0.1, 0.15) is 11.6 Å². The molecule has 4 heterocycles. The molecule has 0 bridgehead atoms. The van der Waals surface area contributed by atoms with Crippen molar-refractivity contribution in [3.63, 3.8) is 0 Å². The van der Waals surface area contributed by atoms with Gasteiger partial charge in [0.15, 0.2) is 0 Å². The summed E-state index contributed by atoms with van der Waals surface area (Å²) in [6.07, 6.45) is -3.77. The highest BCUT2D eigenvalue weighted by molar-refractivity contribution is 5.90. The number of hydrogen-bond acceptors (Lipinski definition) is 7. The van der Waals surface area contributed by atoms with Gasteiger partial charge in [-0.3, -0.25) is 14.8 Å². The second-order valence-corrected chi connectivity index (χ2v) is 8.95. The summed E-state index contributed by atoms with van der Waals surface area (Å²) in [5.74, 6) is 0.527. The molecule has 2 aliphatic rings. The number of piperazine rings is 1. The number of aromatic nitrogens is 2. The number of anilines is 2. The zero-order valence-electron chi connectivity index (χ0n) is 20.0. The van der Waals surface area contributed by atoms with Crippen molar-refractivity contribution >= 4 is 28.5 Å². The van der Waals surface area contributed by atoms with E-state index in [-0.39, 0.29) is 17.8 Å². The Hall–Kier alpha value is -3.60. The first-order chi connectivity index (χ1) is 17.2. The molecule has 3 aromatic rings. The fourth-order valence-electron chi connectivity index (χ4n) is 4.73. The average Bonchev–Trinajstić information content (AvgIpc) is 3.23. The largest absolute Gasteiger partial charge is 0.481 e. The number of nitrogens with zero attached hydrogens (tertiary/aromatic N) is 5. The number of cyclic esters (lactones) is 1. The lowest BCUT2D eigenvalue weighted by Crippen LogP contribution is -2.49. The summed E-state index contributed by atoms with van der Waals surface area (Å²) in [5.41, 5.74) is 2.11. The molecular formula is C25H26F3N5O3. The van der Waals surface area contributed by atoms with E-state index >= 15 is 0 Å². The van der Waals surface area contributed by atoms with Crippen LogP contribution in [0.3, 0.4) is 0 Å². The number of benzene rings is 1. The maximum absolute atomic E-state index is 13.3. The van der Waals surface area contributed by atoms with Crippen LogP contribution in [-0.2, 0) is 10.9 Å². The van der Waals surface area contributed by atoms with Crippen LogP contribution < -0.4 is 14.5 Å². The van der Waals surface area contributed by atoms with Crippen LogP contribution in [-0.4, -0.2) is 73.4 Å². The number of carbonyl (C=O) groups excluding carboxylic acids is 1. The number of alkyl halides is 3. The summed E-state index contributed by atoms with van der Waals surface area (Å²) in [6.45, 7) is 5.09. The van der Waals surface area contributed by atoms with Gasteiger partial charge in [-0.05, 0) is 36.8 Å². The number of hydrogen-bond donors (Lipinski definition) is 0. The number of carbonyl (C=O) groups is 1. The van der Waals surface area contributed by atoms with Crippen LogP contribution in [0.2, 0.25) is 0 Å². The van der Waals surface area contributed by atoms with E-state index < -0.39 is 23.9 Å². The van der Waals surface area contributed by atoms with E-state index in [4.69, 9.17) is 9.47 Å². The van der Waals surface area contributed by atoms with Gasteiger partial charge in [-0.1, -0.05) is 6.07 Å². The molecule has 2 aromatic heterocycles. The third kappa shape index (κ3) is 4.75. The summed E-state index contributed by atoms with van der Waals surface area (Å²) in [7, 11) is 1.58. The maximum atomic E-state index is 13.3. The Morgan fingerprint density at radius 1 is 1.11 bits per heavy atom. The smallest absolute Gasteiger partial charge is 0.416 e. The number of fused-ring (bicyclic) bond motifs is 1. The van der Waals surface area contributed by atoms with E-state index in [1.807, 2.05) is 12.1 Å². The Morgan fingerprint density at radius 2 is 1.89 bits per heavy atom. The summed E-state index contributed by atoms with van der Waals surface area (Å²) >= 11 is 0. The first-order valence-electron chi connectivity index (χ1n) is 11.7. The fraction of sp³-hybridized carbons (Fsp3) is 0.400. The predicted octanol–water partition coefficient (Wildman–Crippen LogP) is 4.11. The molecule has 1 unspecified atom stereocenters. The molecule has 1 amide bonds. The van der Waals surface area contributed by atoms with Gasteiger partial charge in [-0.15, -0.1) is 0 Å². The molecule has 0 radical (unpaired) electrons. The van der Waals surface area contributed by atoms with Crippen molar-refractivity contribution in [2.24, 2.45) is 0 Å². The highest BCUT2D eigenvalue weighted by atomic mass is 19.4. The standard InChI is InChI=1S/C25H26F3N5O3/c1-16-3-4-17(13-19(16)25(26,27)28)33-15-18(36-24(33)34)14-31-9-11-32(12-10-31)21-7-8-29-20-5-6-22(35-2)30-23(20)21/h3-8,13,18H,9-12,14-15H2,1-2H3. The highest BCUT2D eigenvalue weighted by Crippen LogP contribution is 2.35. The van der Waals surface area contributed by atoms with Crippen LogP contribution in [0.1, 0.15) is 11.1 Å². The minimum Gasteiger partial charge on any atom is -0.481 e. The number of pyridine rings is 2. The van der Waals surface area contributed by atoms with E-state index in [1.165, 1.54) is 24.0 Å². The van der Waals surface area contributed by atoms with Crippen molar-refractivity contribution in [1.29, 1.82) is 0 Å². The Balaban J connectivity index is 1.22. The molecule has 5 rings (SSSR count). The van der Waals surface area contributed by atoms with Crippen molar-refractivity contribution in [3.8, 4) is 5.88 Å². The fourth-order valence-corrected chi connectivity index (χ4v) is 4.73. The minimum absolute atomic E-state index is 0.115. The van der Waals surface area contributed by atoms with E-state index in [0.29, 0.717) is 12.4 Å². The van der Waals surface area contributed by atoms with Crippen molar-refractivity contribution in [3.05, 3.63) is 53.7 Å². The molecule has 8 nitrogen and oxygen atoms in total. The van der Waals surface area contributed by atoms with Gasteiger partial charge in [0.05, 0.1) is 30.4 Å². The minimum atomic E-state index is -4.48. The molecule has 0 spiro atoms. The monoisotopic (exact) mass is 501 g/mol. The van der Waals surface area contributed by atoms with Crippen LogP contribution in [0.5, 0.6) is 5.88 Å². The van der Waals surface area contributed by atoms with E-state index in [9.17, 15) is 18.0 Å². The van der Waals surface area contributed by atoms with Gasteiger partial charge in [0, 0.05) is 50.7 Å². The molecule has 190 valence electrons. The van der Waals surface area contributed by atoms with E-state index in [2.05, 4.69) is 19.8 Å². The molecule has 0 N–H and O–H groups in total. The molecular weight excluding hydrogens is 475 g/mol. The molecule has 2 saturated heterocycles. The van der Waals surface area contributed by atoms with Crippen LogP contribution in [0.4, 0.5) is 29.3 Å². The molecule has 2 fully saturated rings. The number of halogens is 3. The molecule has 2 aliphatic heterocycles. The van der Waals surface area contributed by atoms with E-state index in [1.54, 1.807) is 19.4 Å². The SMILES string of the molecule is COc1ccc2nccc(N3CCN(CC4CN(c5ccc(C)c(C(F)(F)F)c5)C(=O)O4)CC3)c2n1. The maximum Gasteiger partial charge on any atom is 0.416 e. The van der Waals surface area contributed by atoms with Crippen LogP contribution >= 0.6 is 0 Å². The molecule has 0 saturated carbocycles. The zero-order valence-corrected chi connectivity index (χ0v) is 20.0. The first kappa shape index (κ1) is 24.1. The van der Waals surface area contributed by atoms with Gasteiger partial charge in [0.2, 0.25) is 5.88 Å². The van der Waals surface area contributed by atoms with Gasteiger partial charge >= 0.3 is 12.3 Å². The molecule has 11 heteroatoms. The van der Waals surface area contributed by atoms with Crippen molar-refractivity contribution in [2.75, 3.05) is 56.2 Å². The van der Waals surface area contributed by atoms with E-state index in [0.717, 1.165) is 49.0 Å². The quantitative estimate of drug-likeness (QED) is 0.521. The molecule has 36 heavy (non-hydrogen) atoms. The zero-order chi connectivity index (χ0) is 25.4. The number of aryl methyl sites for hydroxylation is 1. The first-order valence-corrected chi connectivity index (χ1v) is 11.7. The van der Waals surface area contributed by atoms with Crippen LogP contribution in [0.25, 0.3) is 11.0 Å². The Morgan fingerprint density at radius 3 is 2.61 bits per heavy atom. The number of methoxy groups -OCH3 is 1. The van der Waals surface area contributed by atoms with Crippen molar-refractivity contribution < 1.29 is 27.4 Å². The second-order valence-electron chi connectivity index (χ2n) is 8.95. The van der Waals surface area contributed by atoms with Crippen molar-refractivity contribution in [2.45, 2.75) is 19.2 Å². The predicted molar refractivity (Wildman–Crippen MR) is 129 cm³/mol. The topological polar surface area (TPSA) is 71.0 Å². The number of amides is 1. The van der Waals surface area contributed by atoms with Crippen molar-refractivity contribution in [1.82, 2.24) is 14.9 Å². The third-order valence-corrected chi connectivity index (χ3v) is 6.63. The van der Waals surface area contributed by atoms with Gasteiger partial charge < -0.3 is 14.4 Å². The lowest BCUT2D eigenvalue weighted by atomic mass is 10.1. The van der Waals surface area contributed by atoms with Gasteiger partial charge in [-0.25, -0.2) is 9.78 Å². The number of rotatable bonds is 5.